The largest absolute Gasteiger partial charge is 0.438 e. The molecule has 3 rings (SSSR count). The molecule has 0 radical (unpaired) electrons. The van der Waals surface area contributed by atoms with Gasteiger partial charge in [0.2, 0.25) is 11.8 Å². The van der Waals surface area contributed by atoms with E-state index >= 15 is 0 Å². The van der Waals surface area contributed by atoms with E-state index in [2.05, 4.69) is 20.2 Å². The SMILES string of the molecule is CNC(=O)[C@@H]1CN(Cc2cnc(Oc3ccc(F)cc3)cn2)CCO1. The number of likely N-dealkylation sites (N-methyl/N-ethyl adjacent to an activating group) is 1. The van der Waals surface area contributed by atoms with Crippen molar-refractivity contribution >= 4 is 5.91 Å². The summed E-state index contributed by atoms with van der Waals surface area (Å²) in [6.45, 7) is 2.30. The quantitative estimate of drug-likeness (QED) is 0.881. The van der Waals surface area contributed by atoms with Gasteiger partial charge in [0.25, 0.3) is 0 Å². The summed E-state index contributed by atoms with van der Waals surface area (Å²) in [6, 6.07) is 5.69. The Morgan fingerprint density at radius 3 is 2.84 bits per heavy atom. The predicted molar refractivity (Wildman–Crippen MR) is 87.6 cm³/mol. The normalized spacial score (nSPS) is 17.9. The van der Waals surface area contributed by atoms with E-state index in [1.54, 1.807) is 13.2 Å². The van der Waals surface area contributed by atoms with Crippen molar-refractivity contribution in [2.24, 2.45) is 0 Å². The lowest BCUT2D eigenvalue weighted by Gasteiger charge is -2.31. The molecule has 0 saturated carbocycles. The van der Waals surface area contributed by atoms with Gasteiger partial charge in [-0.1, -0.05) is 0 Å². The molecule has 0 unspecified atom stereocenters. The smallest absolute Gasteiger partial charge is 0.250 e. The van der Waals surface area contributed by atoms with Crippen LogP contribution in [-0.4, -0.2) is 53.6 Å². The van der Waals surface area contributed by atoms with E-state index < -0.39 is 6.10 Å². The number of morpholine rings is 1. The molecule has 25 heavy (non-hydrogen) atoms. The molecule has 1 amide bonds. The molecule has 1 N–H and O–H groups in total. The molecule has 7 nitrogen and oxygen atoms in total. The van der Waals surface area contributed by atoms with Crippen molar-refractivity contribution in [3.05, 3.63) is 48.2 Å². The first-order valence-corrected chi connectivity index (χ1v) is 7.94. The highest BCUT2D eigenvalue weighted by atomic mass is 19.1. The van der Waals surface area contributed by atoms with Crippen molar-refractivity contribution in [2.45, 2.75) is 12.6 Å². The summed E-state index contributed by atoms with van der Waals surface area (Å²) in [7, 11) is 1.59. The van der Waals surface area contributed by atoms with E-state index in [4.69, 9.17) is 9.47 Å². The maximum atomic E-state index is 12.9. The minimum Gasteiger partial charge on any atom is -0.438 e. The number of hydrogen-bond donors (Lipinski definition) is 1. The first-order valence-electron chi connectivity index (χ1n) is 7.94. The van der Waals surface area contributed by atoms with E-state index in [9.17, 15) is 9.18 Å². The molecule has 1 aliphatic rings. The van der Waals surface area contributed by atoms with Gasteiger partial charge < -0.3 is 14.8 Å². The fourth-order valence-corrected chi connectivity index (χ4v) is 2.50. The number of amides is 1. The molecule has 132 valence electrons. The minimum atomic E-state index is -0.465. The lowest BCUT2D eigenvalue weighted by atomic mass is 10.2. The molecular weight excluding hydrogens is 327 g/mol. The summed E-state index contributed by atoms with van der Waals surface area (Å²) >= 11 is 0. The number of ether oxygens (including phenoxy) is 2. The van der Waals surface area contributed by atoms with Crippen LogP contribution in [-0.2, 0) is 16.1 Å². The van der Waals surface area contributed by atoms with Crippen LogP contribution >= 0.6 is 0 Å². The van der Waals surface area contributed by atoms with Crippen LogP contribution in [0.2, 0.25) is 0 Å². The van der Waals surface area contributed by atoms with Crippen LogP contribution in [0.4, 0.5) is 4.39 Å². The number of halogens is 1. The Morgan fingerprint density at radius 2 is 2.16 bits per heavy atom. The Labute approximate surface area is 144 Å². The third-order valence-corrected chi connectivity index (χ3v) is 3.79. The molecule has 1 fully saturated rings. The molecule has 1 aromatic heterocycles. The Kier molecular flexibility index (Phi) is 5.52. The number of nitrogens with one attached hydrogen (secondary N) is 1. The molecule has 2 aromatic rings. The fraction of sp³-hybridized carbons (Fsp3) is 0.353. The number of rotatable bonds is 5. The Bertz CT molecular complexity index is 709. The predicted octanol–water partition coefficient (Wildman–Crippen LogP) is 1.35. The summed E-state index contributed by atoms with van der Waals surface area (Å²) in [6.07, 6.45) is 2.69. The first kappa shape index (κ1) is 17.2. The van der Waals surface area contributed by atoms with Crippen LogP contribution in [0.1, 0.15) is 5.69 Å². The third-order valence-electron chi connectivity index (χ3n) is 3.79. The summed E-state index contributed by atoms with van der Waals surface area (Å²) in [5, 5.41) is 2.59. The first-order chi connectivity index (χ1) is 12.1. The fourth-order valence-electron chi connectivity index (χ4n) is 2.50. The van der Waals surface area contributed by atoms with Crippen molar-refractivity contribution in [1.29, 1.82) is 0 Å². The number of aromatic nitrogens is 2. The van der Waals surface area contributed by atoms with Crippen molar-refractivity contribution < 1.29 is 18.7 Å². The van der Waals surface area contributed by atoms with Gasteiger partial charge in [-0.15, -0.1) is 0 Å². The van der Waals surface area contributed by atoms with Gasteiger partial charge >= 0.3 is 0 Å². The van der Waals surface area contributed by atoms with Crippen LogP contribution in [0.5, 0.6) is 11.6 Å². The molecule has 2 heterocycles. The van der Waals surface area contributed by atoms with Gasteiger partial charge in [0.05, 0.1) is 24.7 Å². The second-order valence-electron chi connectivity index (χ2n) is 5.61. The molecule has 0 spiro atoms. The van der Waals surface area contributed by atoms with Gasteiger partial charge in [-0.25, -0.2) is 9.37 Å². The Balaban J connectivity index is 1.57. The number of hydrogen-bond acceptors (Lipinski definition) is 6. The average molecular weight is 346 g/mol. The highest BCUT2D eigenvalue weighted by Gasteiger charge is 2.26. The van der Waals surface area contributed by atoms with Gasteiger partial charge in [-0.3, -0.25) is 14.7 Å². The third kappa shape index (κ3) is 4.71. The van der Waals surface area contributed by atoms with Gasteiger partial charge in [0.1, 0.15) is 17.7 Å². The van der Waals surface area contributed by atoms with Crippen LogP contribution in [0, 0.1) is 5.82 Å². The molecular formula is C17H19FN4O3. The molecule has 0 bridgehead atoms. The van der Waals surface area contributed by atoms with Gasteiger partial charge in [-0.2, -0.15) is 0 Å². The molecule has 0 aliphatic carbocycles. The standard InChI is InChI=1S/C17H19FN4O3/c1-19-17(23)15-11-22(6-7-24-15)10-13-8-21-16(9-20-13)25-14-4-2-12(18)3-5-14/h2-5,8-9,15H,6-7,10-11H2,1H3,(H,19,23)/t15-/m0/s1. The van der Waals surface area contributed by atoms with E-state index in [-0.39, 0.29) is 11.7 Å². The highest BCUT2D eigenvalue weighted by molar-refractivity contribution is 5.80. The van der Waals surface area contributed by atoms with E-state index in [1.807, 2.05) is 0 Å². The zero-order valence-electron chi connectivity index (χ0n) is 13.8. The number of carbonyl (C=O) groups excluding carboxylic acids is 1. The van der Waals surface area contributed by atoms with Crippen LogP contribution < -0.4 is 10.1 Å². The summed E-state index contributed by atoms with van der Waals surface area (Å²) in [4.78, 5) is 22.3. The van der Waals surface area contributed by atoms with E-state index in [0.717, 1.165) is 12.2 Å². The number of nitrogens with zero attached hydrogens (tertiary/aromatic N) is 3. The second kappa shape index (κ2) is 8.00. The zero-order chi connectivity index (χ0) is 17.6. The van der Waals surface area contributed by atoms with Crippen molar-refractivity contribution in [3.63, 3.8) is 0 Å². The molecule has 1 atom stereocenters. The van der Waals surface area contributed by atoms with Crippen LogP contribution in [0.3, 0.4) is 0 Å². The molecule has 8 heteroatoms. The number of benzene rings is 1. The Morgan fingerprint density at radius 1 is 1.36 bits per heavy atom. The maximum Gasteiger partial charge on any atom is 0.250 e. The van der Waals surface area contributed by atoms with E-state index in [1.165, 1.54) is 30.5 Å². The summed E-state index contributed by atoms with van der Waals surface area (Å²) in [5.41, 5.74) is 0.768. The van der Waals surface area contributed by atoms with Crippen molar-refractivity contribution in [2.75, 3.05) is 26.7 Å². The highest BCUT2D eigenvalue weighted by Crippen LogP contribution is 2.19. The summed E-state index contributed by atoms with van der Waals surface area (Å²) < 4.78 is 23.8. The lowest BCUT2D eigenvalue weighted by molar-refractivity contribution is -0.138. The van der Waals surface area contributed by atoms with Gasteiger partial charge in [0, 0.05) is 26.7 Å². The van der Waals surface area contributed by atoms with Crippen molar-refractivity contribution in [1.82, 2.24) is 20.2 Å². The zero-order valence-corrected chi connectivity index (χ0v) is 13.8. The lowest BCUT2D eigenvalue weighted by Crippen LogP contribution is -2.48. The summed E-state index contributed by atoms with van der Waals surface area (Å²) in [5.74, 6) is 0.374. The molecule has 1 saturated heterocycles. The monoisotopic (exact) mass is 346 g/mol. The molecule has 1 aliphatic heterocycles. The Hall–Kier alpha value is -2.58. The number of carbonyl (C=O) groups is 1. The van der Waals surface area contributed by atoms with E-state index in [0.29, 0.717) is 31.3 Å². The second-order valence-corrected chi connectivity index (χ2v) is 5.61. The van der Waals surface area contributed by atoms with Gasteiger partial charge in [0.15, 0.2) is 0 Å². The van der Waals surface area contributed by atoms with Crippen molar-refractivity contribution in [3.8, 4) is 11.6 Å². The topological polar surface area (TPSA) is 76.6 Å². The van der Waals surface area contributed by atoms with Crippen LogP contribution in [0.25, 0.3) is 0 Å². The minimum absolute atomic E-state index is 0.126. The average Bonchev–Trinajstić information content (AvgIpc) is 2.65. The maximum absolute atomic E-state index is 12.9. The molecule has 1 aromatic carbocycles. The van der Waals surface area contributed by atoms with Gasteiger partial charge in [-0.05, 0) is 24.3 Å². The van der Waals surface area contributed by atoms with Crippen LogP contribution in [0.15, 0.2) is 36.7 Å².